The van der Waals surface area contributed by atoms with Gasteiger partial charge < -0.3 is 15.2 Å². The molecule has 2 amide bonds. The van der Waals surface area contributed by atoms with Crippen LogP contribution >= 0.6 is 0 Å². The molecule has 2 N–H and O–H groups in total. The number of para-hydroxylation sites is 1. The fraction of sp³-hybridized carbons (Fsp3) is 0.333. The van der Waals surface area contributed by atoms with Crippen molar-refractivity contribution in [1.29, 1.82) is 0 Å². The molecule has 1 aliphatic carbocycles. The Hall–Kier alpha value is -3.08. The standard InChI is InChI=1S/C24H25N3O2/c28-23(17-9-10-17)26-22(13-19-14-25-21-8-4-3-7-20(19)21)24(29)27-12-11-16-5-1-2-6-18(16)15-27/h1-8,14,17,22,25H,9-13,15H2,(H,26,28)/t22-/m0/s1. The fourth-order valence-corrected chi connectivity index (χ4v) is 4.26. The minimum Gasteiger partial charge on any atom is -0.361 e. The van der Waals surface area contributed by atoms with Crippen LogP contribution in [0.4, 0.5) is 0 Å². The van der Waals surface area contributed by atoms with Crippen molar-refractivity contribution < 1.29 is 9.59 Å². The van der Waals surface area contributed by atoms with Crippen LogP contribution in [0.15, 0.2) is 54.7 Å². The van der Waals surface area contributed by atoms with Gasteiger partial charge in [-0.25, -0.2) is 0 Å². The van der Waals surface area contributed by atoms with Crippen molar-refractivity contribution in [2.75, 3.05) is 6.54 Å². The largest absolute Gasteiger partial charge is 0.361 e. The van der Waals surface area contributed by atoms with Gasteiger partial charge in [-0.2, -0.15) is 0 Å². The number of hydrogen-bond acceptors (Lipinski definition) is 2. The first-order valence-electron chi connectivity index (χ1n) is 10.4. The number of benzene rings is 2. The molecule has 1 saturated carbocycles. The molecule has 1 aliphatic heterocycles. The number of aromatic nitrogens is 1. The Balaban J connectivity index is 1.39. The lowest BCUT2D eigenvalue weighted by molar-refractivity contribution is -0.137. The number of carbonyl (C=O) groups is 2. The second-order valence-electron chi connectivity index (χ2n) is 8.18. The Morgan fingerprint density at radius 2 is 1.83 bits per heavy atom. The molecular weight excluding hydrogens is 362 g/mol. The summed E-state index contributed by atoms with van der Waals surface area (Å²) in [5, 5.41) is 4.17. The average molecular weight is 387 g/mol. The van der Waals surface area contributed by atoms with Crippen molar-refractivity contribution in [2.45, 2.75) is 38.3 Å². The SMILES string of the molecule is O=C(N[C@@H](Cc1c[nH]c2ccccc12)C(=O)N1CCc2ccccc2C1)C1CC1. The van der Waals surface area contributed by atoms with Crippen LogP contribution in [0.5, 0.6) is 0 Å². The van der Waals surface area contributed by atoms with E-state index in [4.69, 9.17) is 0 Å². The van der Waals surface area contributed by atoms with Crippen LogP contribution in [0, 0.1) is 5.92 Å². The minimum absolute atomic E-state index is 0.0128. The van der Waals surface area contributed by atoms with Gasteiger partial charge in [0.2, 0.25) is 11.8 Å². The first kappa shape index (κ1) is 18.0. The van der Waals surface area contributed by atoms with Crippen molar-refractivity contribution in [2.24, 2.45) is 5.92 Å². The zero-order valence-corrected chi connectivity index (χ0v) is 16.4. The normalized spacial score (nSPS) is 17.0. The number of nitrogens with zero attached hydrogens (tertiary/aromatic N) is 1. The van der Waals surface area contributed by atoms with Crippen molar-refractivity contribution >= 4 is 22.7 Å². The molecule has 0 bridgehead atoms. The summed E-state index contributed by atoms with van der Waals surface area (Å²) in [7, 11) is 0. The minimum atomic E-state index is -0.535. The Morgan fingerprint density at radius 3 is 2.66 bits per heavy atom. The topological polar surface area (TPSA) is 65.2 Å². The van der Waals surface area contributed by atoms with Gasteiger partial charge in [-0.1, -0.05) is 42.5 Å². The Morgan fingerprint density at radius 1 is 1.07 bits per heavy atom. The number of hydrogen-bond donors (Lipinski definition) is 2. The zero-order valence-electron chi connectivity index (χ0n) is 16.4. The monoisotopic (exact) mass is 387 g/mol. The Labute approximate surface area is 170 Å². The van der Waals surface area contributed by atoms with Crippen LogP contribution in [0.25, 0.3) is 10.9 Å². The number of amides is 2. The van der Waals surface area contributed by atoms with Crippen LogP contribution in [-0.2, 0) is 29.0 Å². The molecule has 0 radical (unpaired) electrons. The third-order valence-electron chi connectivity index (χ3n) is 6.10. The second kappa shape index (κ2) is 7.39. The van der Waals surface area contributed by atoms with Gasteiger partial charge in [0, 0.05) is 42.5 Å². The van der Waals surface area contributed by atoms with Crippen molar-refractivity contribution in [3.05, 3.63) is 71.4 Å². The van der Waals surface area contributed by atoms with E-state index in [0.717, 1.165) is 35.7 Å². The average Bonchev–Trinajstić information content (AvgIpc) is 3.54. The molecule has 1 aromatic heterocycles. The van der Waals surface area contributed by atoms with Crippen LogP contribution in [0.1, 0.15) is 29.5 Å². The highest BCUT2D eigenvalue weighted by Crippen LogP contribution is 2.29. The van der Waals surface area contributed by atoms with Gasteiger partial charge in [-0.3, -0.25) is 9.59 Å². The Kier molecular flexibility index (Phi) is 4.58. The van der Waals surface area contributed by atoms with Gasteiger partial charge in [-0.05, 0) is 42.0 Å². The quantitative estimate of drug-likeness (QED) is 0.706. The molecule has 1 atom stereocenters. The third-order valence-corrected chi connectivity index (χ3v) is 6.10. The lowest BCUT2D eigenvalue weighted by Gasteiger charge is -2.32. The lowest BCUT2D eigenvalue weighted by Crippen LogP contribution is -2.51. The molecule has 29 heavy (non-hydrogen) atoms. The van der Waals surface area contributed by atoms with Gasteiger partial charge in [0.1, 0.15) is 6.04 Å². The van der Waals surface area contributed by atoms with E-state index in [0.29, 0.717) is 19.5 Å². The molecule has 0 saturated heterocycles. The highest BCUT2D eigenvalue weighted by Gasteiger charge is 2.35. The summed E-state index contributed by atoms with van der Waals surface area (Å²) >= 11 is 0. The molecule has 0 spiro atoms. The van der Waals surface area contributed by atoms with Crippen molar-refractivity contribution in [1.82, 2.24) is 15.2 Å². The summed E-state index contributed by atoms with van der Waals surface area (Å²) in [5.41, 5.74) is 4.62. The number of fused-ring (bicyclic) bond motifs is 2. The molecule has 5 nitrogen and oxygen atoms in total. The molecule has 5 rings (SSSR count). The van der Waals surface area contributed by atoms with E-state index < -0.39 is 6.04 Å². The zero-order chi connectivity index (χ0) is 19.8. The first-order valence-corrected chi connectivity index (χ1v) is 10.4. The molecule has 148 valence electrons. The number of nitrogens with one attached hydrogen (secondary N) is 2. The highest BCUT2D eigenvalue weighted by atomic mass is 16.2. The maximum Gasteiger partial charge on any atom is 0.245 e. The molecule has 5 heteroatoms. The predicted molar refractivity (Wildman–Crippen MR) is 112 cm³/mol. The maximum absolute atomic E-state index is 13.4. The first-order chi connectivity index (χ1) is 14.2. The van der Waals surface area contributed by atoms with Crippen LogP contribution in [0.3, 0.4) is 0 Å². The summed E-state index contributed by atoms with van der Waals surface area (Å²) in [5.74, 6) is 0.106. The van der Waals surface area contributed by atoms with E-state index in [-0.39, 0.29) is 17.7 Å². The second-order valence-corrected chi connectivity index (χ2v) is 8.18. The molecule has 2 heterocycles. The summed E-state index contributed by atoms with van der Waals surface area (Å²) in [6.07, 6.45) is 5.17. The van der Waals surface area contributed by atoms with Crippen molar-refractivity contribution in [3.8, 4) is 0 Å². The summed E-state index contributed by atoms with van der Waals surface area (Å²) in [6.45, 7) is 1.30. The fourth-order valence-electron chi connectivity index (χ4n) is 4.26. The van der Waals surface area contributed by atoms with E-state index in [2.05, 4.69) is 28.5 Å². The molecule has 0 unspecified atom stereocenters. The molecule has 1 fully saturated rings. The maximum atomic E-state index is 13.4. The number of carbonyl (C=O) groups excluding carboxylic acids is 2. The van der Waals surface area contributed by atoms with Gasteiger partial charge in [0.15, 0.2) is 0 Å². The number of aromatic amines is 1. The van der Waals surface area contributed by atoms with E-state index >= 15 is 0 Å². The van der Waals surface area contributed by atoms with Crippen molar-refractivity contribution in [3.63, 3.8) is 0 Å². The van der Waals surface area contributed by atoms with Gasteiger partial charge in [0.05, 0.1) is 0 Å². The van der Waals surface area contributed by atoms with E-state index in [1.807, 2.05) is 41.4 Å². The molecular formula is C24H25N3O2. The van der Waals surface area contributed by atoms with E-state index in [9.17, 15) is 9.59 Å². The van der Waals surface area contributed by atoms with Gasteiger partial charge >= 0.3 is 0 Å². The smallest absolute Gasteiger partial charge is 0.245 e. The number of rotatable bonds is 5. The van der Waals surface area contributed by atoms with Gasteiger partial charge in [-0.15, -0.1) is 0 Å². The van der Waals surface area contributed by atoms with Crippen LogP contribution < -0.4 is 5.32 Å². The predicted octanol–water partition coefficient (Wildman–Crippen LogP) is 3.19. The van der Waals surface area contributed by atoms with E-state index in [1.165, 1.54) is 11.1 Å². The summed E-state index contributed by atoms with van der Waals surface area (Å²) in [4.78, 5) is 31.1. The summed E-state index contributed by atoms with van der Waals surface area (Å²) < 4.78 is 0. The van der Waals surface area contributed by atoms with Crippen LogP contribution in [-0.4, -0.2) is 34.3 Å². The van der Waals surface area contributed by atoms with Gasteiger partial charge in [0.25, 0.3) is 0 Å². The molecule has 3 aromatic rings. The number of H-pyrrole nitrogens is 1. The lowest BCUT2D eigenvalue weighted by atomic mass is 9.98. The molecule has 2 aliphatic rings. The third kappa shape index (κ3) is 3.65. The highest BCUT2D eigenvalue weighted by molar-refractivity contribution is 5.91. The Bertz CT molecular complexity index is 1070. The van der Waals surface area contributed by atoms with Crippen LogP contribution in [0.2, 0.25) is 0 Å². The molecule has 2 aromatic carbocycles. The van der Waals surface area contributed by atoms with E-state index in [1.54, 1.807) is 0 Å². The summed E-state index contributed by atoms with van der Waals surface area (Å²) in [6, 6.07) is 15.8.